The summed E-state index contributed by atoms with van der Waals surface area (Å²) in [7, 11) is 3.81. The van der Waals surface area contributed by atoms with Gasteiger partial charge in [0, 0.05) is 108 Å². The Hall–Kier alpha value is -7.43. The number of amides is 5. The highest BCUT2D eigenvalue weighted by Gasteiger charge is 2.69. The topological polar surface area (TPSA) is 322 Å². The molecular formula is C85H113N9O11. The van der Waals surface area contributed by atoms with Gasteiger partial charge >= 0.3 is 0 Å². The van der Waals surface area contributed by atoms with Gasteiger partial charge in [0.2, 0.25) is 5.91 Å². The summed E-state index contributed by atoms with van der Waals surface area (Å²) in [5.41, 5.74) is 19.9. The summed E-state index contributed by atoms with van der Waals surface area (Å²) >= 11 is 0. The largest absolute Gasteiger partial charge is 0.507 e. The minimum absolute atomic E-state index is 0. The van der Waals surface area contributed by atoms with Crippen molar-refractivity contribution in [2.45, 2.75) is 244 Å². The first kappa shape index (κ1) is 74.4. The normalized spacial score (nSPS) is 32.8. The zero-order chi connectivity index (χ0) is 73.0. The third kappa shape index (κ3) is 12.4. The Morgan fingerprint density at radius 1 is 0.562 bits per heavy atom. The average molecular weight is 1440 g/mol. The van der Waals surface area contributed by atoms with Gasteiger partial charge in [-0.1, -0.05) is 80.8 Å². The molecule has 13 aliphatic rings. The lowest BCUT2D eigenvalue weighted by Crippen LogP contribution is -2.74. The van der Waals surface area contributed by atoms with Crippen molar-refractivity contribution in [3.05, 3.63) is 158 Å². The van der Waals surface area contributed by atoms with Crippen LogP contribution in [0.25, 0.3) is 0 Å². The van der Waals surface area contributed by atoms with Crippen molar-refractivity contribution in [2.75, 3.05) is 53.4 Å². The van der Waals surface area contributed by atoms with E-state index in [4.69, 9.17) is 17.2 Å². The molecule has 9 fully saturated rings. The first-order valence-electron chi connectivity index (χ1n) is 39.1. The lowest BCUT2D eigenvalue weighted by molar-refractivity contribution is -0.180. The summed E-state index contributed by atoms with van der Waals surface area (Å²) in [5.74, 6) is -0.209. The van der Waals surface area contributed by atoms with E-state index in [1.54, 1.807) is 29.2 Å². The molecule has 3 unspecified atom stereocenters. The highest BCUT2D eigenvalue weighted by atomic mass is 16.3. The number of likely N-dealkylation sites (tertiary alicyclic amines) is 3. The average Bonchev–Trinajstić information content (AvgIpc) is 0.770. The fourth-order valence-electron chi connectivity index (χ4n) is 22.7. The number of benzene rings is 4. The van der Waals surface area contributed by atoms with E-state index in [0.717, 1.165) is 111 Å². The smallest absolute Gasteiger partial charge is 0.252 e. The molecule has 0 radical (unpaired) electrons. The van der Waals surface area contributed by atoms with Crippen LogP contribution in [-0.4, -0.2) is 186 Å². The molecule has 3 saturated heterocycles. The van der Waals surface area contributed by atoms with Crippen LogP contribution in [0.4, 0.5) is 0 Å². The van der Waals surface area contributed by atoms with Gasteiger partial charge in [0.15, 0.2) is 0 Å². The first-order valence-corrected chi connectivity index (χ1v) is 39.1. The van der Waals surface area contributed by atoms with E-state index in [2.05, 4.69) is 37.5 Å². The van der Waals surface area contributed by atoms with Crippen LogP contribution in [0.3, 0.4) is 0 Å². The van der Waals surface area contributed by atoms with E-state index in [-0.39, 0.29) is 89.4 Å². The van der Waals surface area contributed by atoms with Gasteiger partial charge in [-0.15, -0.1) is 0 Å². The Labute approximate surface area is 618 Å². The molecule has 3 heterocycles. The summed E-state index contributed by atoms with van der Waals surface area (Å²) in [4.78, 5) is 71.9. The van der Waals surface area contributed by atoms with E-state index in [1.165, 1.54) is 57.8 Å². The number of hydrogen-bond donors (Lipinski definition) is 11. The Kier molecular flexibility index (Phi) is 20.3. The second kappa shape index (κ2) is 28.6. The van der Waals surface area contributed by atoms with Crippen molar-refractivity contribution in [3.63, 3.8) is 0 Å². The maximum atomic E-state index is 13.2. The lowest BCUT2D eigenvalue weighted by atomic mass is 9.48. The number of nitrogens with two attached hydrogens (primary N) is 3. The van der Waals surface area contributed by atoms with E-state index in [1.807, 2.05) is 75.6 Å². The third-order valence-corrected chi connectivity index (χ3v) is 28.9. The van der Waals surface area contributed by atoms with Crippen molar-refractivity contribution >= 4 is 29.5 Å². The number of carbonyl (C=O) groups excluding carboxylic acids is 5. The number of likely N-dealkylation sites (N-methyl/N-ethyl adjacent to an activating group) is 1. The van der Waals surface area contributed by atoms with Crippen LogP contribution in [-0.2, 0) is 40.3 Å². The highest BCUT2D eigenvalue weighted by molar-refractivity contribution is 5.98. The number of hydrogen-bond acceptors (Lipinski definition) is 15. The molecule has 0 aromatic heterocycles. The number of piperidine rings is 3. The highest BCUT2D eigenvalue weighted by Crippen LogP contribution is 2.64. The van der Waals surface area contributed by atoms with Crippen molar-refractivity contribution in [2.24, 2.45) is 35.0 Å². The molecule has 14 N–H and O–H groups in total. The number of fused-ring (bicyclic) bond motifs is 3. The minimum atomic E-state index is -1.06. The van der Waals surface area contributed by atoms with Crippen molar-refractivity contribution in [3.8, 4) is 17.2 Å². The van der Waals surface area contributed by atoms with Crippen LogP contribution in [0.5, 0.6) is 17.2 Å². The van der Waals surface area contributed by atoms with Crippen LogP contribution in [0, 0.1) is 24.7 Å². The van der Waals surface area contributed by atoms with Gasteiger partial charge in [-0.2, -0.15) is 0 Å². The number of phenols is 3. The van der Waals surface area contributed by atoms with Crippen LogP contribution >= 0.6 is 0 Å². The second-order valence-electron chi connectivity index (χ2n) is 33.9. The number of aliphatic hydroxyl groups is 3. The third-order valence-electron chi connectivity index (χ3n) is 28.9. The van der Waals surface area contributed by atoms with Gasteiger partial charge in [-0.25, -0.2) is 0 Å². The molecule has 0 spiro atoms. The predicted molar refractivity (Wildman–Crippen MR) is 404 cm³/mol. The van der Waals surface area contributed by atoms with Crippen LogP contribution in [0.15, 0.2) is 96.6 Å². The Balaban J connectivity index is 0.000000133. The predicted octanol–water partition coefficient (Wildman–Crippen LogP) is 8.82. The van der Waals surface area contributed by atoms with E-state index < -0.39 is 50.8 Å². The first-order chi connectivity index (χ1) is 49.8. The van der Waals surface area contributed by atoms with Crippen LogP contribution in [0.2, 0.25) is 0 Å². The maximum absolute atomic E-state index is 13.2. The molecule has 17 rings (SSSR count). The molecule has 5 amide bonds. The summed E-state index contributed by atoms with van der Waals surface area (Å²) in [6, 6.07) is 18.2. The van der Waals surface area contributed by atoms with Crippen molar-refractivity contribution < 1.29 is 54.6 Å². The lowest BCUT2D eigenvalue weighted by Gasteiger charge is -2.65. The van der Waals surface area contributed by atoms with Gasteiger partial charge in [0.1, 0.15) is 17.2 Å². The molecule has 4 aromatic carbocycles. The molecule has 12 atom stereocenters. The molecule has 20 nitrogen and oxygen atoms in total. The molecule has 6 bridgehead atoms. The number of nitrogens with one attached hydrogen (secondary N) is 2. The maximum Gasteiger partial charge on any atom is 0.252 e. The monoisotopic (exact) mass is 1440 g/mol. The quantitative estimate of drug-likeness (QED) is 0.0495. The second-order valence-corrected chi connectivity index (χ2v) is 33.9. The Morgan fingerprint density at radius 2 is 0.981 bits per heavy atom. The van der Waals surface area contributed by atoms with Gasteiger partial charge in [-0.05, 0) is 251 Å². The minimum Gasteiger partial charge on any atom is -0.507 e. The van der Waals surface area contributed by atoms with E-state index in [9.17, 15) is 54.6 Å². The molecule has 20 heteroatoms. The Bertz CT molecular complexity index is 4160. The molecule has 3 aliphatic heterocycles. The van der Waals surface area contributed by atoms with Crippen molar-refractivity contribution in [1.82, 2.24) is 30.2 Å². The molecular weight excluding hydrogens is 1320 g/mol. The summed E-state index contributed by atoms with van der Waals surface area (Å²) < 4.78 is 0. The summed E-state index contributed by atoms with van der Waals surface area (Å²) in [5, 5.41) is 78.0. The zero-order valence-electron chi connectivity index (χ0n) is 61.0. The summed E-state index contributed by atoms with van der Waals surface area (Å²) in [6.07, 6.45) is 32.0. The van der Waals surface area contributed by atoms with Gasteiger partial charge in [-0.3, -0.25) is 38.7 Å². The molecule has 4 aromatic rings. The van der Waals surface area contributed by atoms with E-state index in [0.29, 0.717) is 99.2 Å². The summed E-state index contributed by atoms with van der Waals surface area (Å²) in [6.45, 7) is 7.61. The zero-order valence-corrected chi connectivity index (χ0v) is 61.0. The Morgan fingerprint density at radius 3 is 1.37 bits per heavy atom. The van der Waals surface area contributed by atoms with Crippen LogP contribution in [0.1, 0.15) is 229 Å². The van der Waals surface area contributed by atoms with E-state index >= 15 is 0 Å². The fourth-order valence-corrected chi connectivity index (χ4v) is 22.7. The number of aryl methyl sites for hydroxylation is 1. The fraction of sp³-hybridized carbons (Fsp3) is 0.588. The standard InChI is InChI=1S/C31H39N3O4.C30H37N3O4.C23H33N3O3.CH4/c1-33(26(35)12-9-20-5-2-3-6-20)23-13-14-31(38)25-17-22-10-11-24(29(32)37)28(36)27(22)30(31,18-23)15-16-34(25)19-21-7-4-8-21;1-18-4-2-7-21(14-18)28(36)32-22-10-11-30(37)24-15-20-8-9-23(27(31)35)26(34)25(20)29(30,16-22)12-13-33(24)17-19-5-3-6-19;1-25-16-7-8-23(29)18-11-15-5-6-17(21(24)28)20(27)19(15)22(23,12-16)9-10-26(18)13-14-3-2-4-14;/h2,5-6,9-12,21,23,25,36,38H,3-4,7-8,13-19H2,1H3,(H2,32,37);2,4,7-9,14,19,22,24,34,37H,3,5-6,10-13,15-17H2,1H3,(H2,31,35)(H,32,36);5-6,14,16,18,25,27,29H,2-4,7-13H2,1H3,(H2,24,28);1H4/b12-9+;;;/t23?,25-,30-,31-;22?,24-,29-,30-;16?,18-,22-,23-;/m111./s1. The number of nitrogens with zero attached hydrogens (tertiary/aromatic N) is 4. The molecule has 105 heavy (non-hydrogen) atoms. The number of rotatable bonds is 15. The SMILES string of the molecule is C.CN(C(=O)/C=C/C1=CCC=C1)C1CC[C@@]2(O)[C@H]3Cc4ccc(C(N)=O)c(O)c4[C@@]2(CCN3CC2CCC2)C1.CNC1CC[C@@]2(O)[C@H]3Cc4ccc(C(N)=O)c(O)c4[C@@]2(CCN3CC2CCC2)C1.Cc1cccc(C(=O)NC2CC[C@@]3(O)[C@H]4Cc5ccc(C(N)=O)c(O)c5[C@@]3(CCN4CC3CCC3)C2)c1. The van der Waals surface area contributed by atoms with Gasteiger partial charge < -0.3 is 63.4 Å². The number of primary amides is 3. The molecule has 10 aliphatic carbocycles. The van der Waals surface area contributed by atoms with Gasteiger partial charge in [0.25, 0.3) is 23.6 Å². The number of allylic oxidation sites excluding steroid dienone is 5. The van der Waals surface area contributed by atoms with Crippen molar-refractivity contribution in [1.29, 1.82) is 0 Å². The number of aromatic hydroxyl groups is 3. The molecule has 564 valence electrons. The number of carbonyl (C=O) groups is 5. The van der Waals surface area contributed by atoms with Crippen LogP contribution < -0.4 is 27.8 Å². The van der Waals surface area contributed by atoms with Gasteiger partial charge in [0.05, 0.1) is 33.5 Å². The molecule has 6 saturated carbocycles.